The summed E-state index contributed by atoms with van der Waals surface area (Å²) in [7, 11) is 0. The van der Waals surface area contributed by atoms with E-state index in [1.165, 1.54) is 12.7 Å². The smallest absolute Gasteiger partial charge is 0.253 e. The molecule has 2 aromatic rings. The number of hydrogen-bond donors (Lipinski definition) is 1. The predicted molar refractivity (Wildman–Crippen MR) is 86.7 cm³/mol. The number of pyridine rings is 1. The molecule has 2 aromatic heterocycles. The minimum atomic E-state index is -0.0705. The van der Waals surface area contributed by atoms with E-state index >= 15 is 0 Å². The van der Waals surface area contributed by atoms with Crippen molar-refractivity contribution >= 4 is 5.91 Å². The van der Waals surface area contributed by atoms with Gasteiger partial charge in [-0.3, -0.25) is 4.79 Å². The molecule has 2 atom stereocenters. The number of rotatable bonds is 5. The number of nitrogens with zero attached hydrogens (tertiary/aromatic N) is 4. The maximum atomic E-state index is 12.5. The second kappa shape index (κ2) is 5.98. The third-order valence-electron chi connectivity index (χ3n) is 5.41. The van der Waals surface area contributed by atoms with Crippen LogP contribution in [0.1, 0.15) is 43.0 Å². The van der Waals surface area contributed by atoms with E-state index in [0.29, 0.717) is 17.5 Å². The molecule has 4 rings (SSSR count). The molecular weight excluding hydrogens is 306 g/mol. The second-order valence-electron chi connectivity index (χ2n) is 6.54. The van der Waals surface area contributed by atoms with Crippen molar-refractivity contribution in [1.29, 1.82) is 0 Å². The third-order valence-corrected chi connectivity index (χ3v) is 5.41. The number of aromatic nitrogens is 4. The van der Waals surface area contributed by atoms with Crippen LogP contribution in [0.2, 0.25) is 0 Å². The molecule has 1 N–H and O–H groups in total. The molecule has 2 fully saturated rings. The first kappa shape index (κ1) is 15.3. The van der Waals surface area contributed by atoms with Gasteiger partial charge in [0.05, 0.1) is 11.7 Å². The highest BCUT2D eigenvalue weighted by atomic mass is 16.5. The van der Waals surface area contributed by atoms with Crippen molar-refractivity contribution in [2.45, 2.75) is 44.8 Å². The molecule has 2 saturated carbocycles. The SMILES string of the molecule is CCO[C@@H]1C[C@@H](NC(=O)c2ccc(-n3cncn3)nc2)C12CCC2. The fraction of sp³-hybridized carbons (Fsp3) is 0.529. The van der Waals surface area contributed by atoms with E-state index in [4.69, 9.17) is 4.74 Å². The summed E-state index contributed by atoms with van der Waals surface area (Å²) in [6, 6.07) is 3.75. The van der Waals surface area contributed by atoms with Crippen molar-refractivity contribution in [3.05, 3.63) is 36.5 Å². The van der Waals surface area contributed by atoms with Crippen LogP contribution in [0.3, 0.4) is 0 Å². The van der Waals surface area contributed by atoms with E-state index in [0.717, 1.165) is 25.9 Å². The van der Waals surface area contributed by atoms with Crippen molar-refractivity contribution in [2.24, 2.45) is 5.41 Å². The fourth-order valence-electron chi connectivity index (χ4n) is 3.86. The number of carbonyl (C=O) groups excluding carboxylic acids is 1. The van der Waals surface area contributed by atoms with Crippen molar-refractivity contribution < 1.29 is 9.53 Å². The molecule has 1 spiro atoms. The lowest BCUT2D eigenvalue weighted by Crippen LogP contribution is -2.67. The van der Waals surface area contributed by atoms with Gasteiger partial charge in [0.25, 0.3) is 5.91 Å². The molecule has 0 aliphatic heterocycles. The van der Waals surface area contributed by atoms with E-state index in [-0.39, 0.29) is 17.4 Å². The highest BCUT2D eigenvalue weighted by molar-refractivity contribution is 5.94. The van der Waals surface area contributed by atoms with Gasteiger partial charge in [-0.2, -0.15) is 5.10 Å². The maximum absolute atomic E-state index is 12.5. The Kier molecular flexibility index (Phi) is 3.80. The Hall–Kier alpha value is -2.28. The maximum Gasteiger partial charge on any atom is 0.253 e. The molecule has 7 nitrogen and oxygen atoms in total. The lowest BCUT2D eigenvalue weighted by molar-refractivity contribution is -0.169. The summed E-state index contributed by atoms with van der Waals surface area (Å²) in [5.74, 6) is 0.568. The largest absolute Gasteiger partial charge is 0.378 e. The average Bonchev–Trinajstić information content (AvgIpc) is 3.06. The van der Waals surface area contributed by atoms with Crippen LogP contribution in [-0.4, -0.2) is 44.4 Å². The summed E-state index contributed by atoms with van der Waals surface area (Å²) in [4.78, 5) is 20.7. The topological polar surface area (TPSA) is 81.9 Å². The Balaban J connectivity index is 1.42. The van der Waals surface area contributed by atoms with Crippen molar-refractivity contribution in [2.75, 3.05) is 6.61 Å². The lowest BCUT2D eigenvalue weighted by atomic mass is 9.51. The zero-order valence-electron chi connectivity index (χ0n) is 13.7. The van der Waals surface area contributed by atoms with Crippen LogP contribution < -0.4 is 5.32 Å². The first-order valence-electron chi connectivity index (χ1n) is 8.46. The van der Waals surface area contributed by atoms with Gasteiger partial charge < -0.3 is 10.1 Å². The summed E-state index contributed by atoms with van der Waals surface area (Å²) >= 11 is 0. The van der Waals surface area contributed by atoms with Gasteiger partial charge in [-0.05, 0) is 38.3 Å². The monoisotopic (exact) mass is 327 g/mol. The fourth-order valence-corrected chi connectivity index (χ4v) is 3.86. The molecule has 2 aliphatic carbocycles. The summed E-state index contributed by atoms with van der Waals surface area (Å²) in [6.45, 7) is 2.77. The van der Waals surface area contributed by atoms with Gasteiger partial charge in [0.1, 0.15) is 12.7 Å². The normalized spacial score (nSPS) is 24.2. The summed E-state index contributed by atoms with van der Waals surface area (Å²) in [5, 5.41) is 7.20. The molecule has 0 saturated heterocycles. The Bertz CT molecular complexity index is 709. The zero-order valence-corrected chi connectivity index (χ0v) is 13.7. The van der Waals surface area contributed by atoms with Crippen molar-refractivity contribution in [3.8, 4) is 5.82 Å². The molecule has 2 aliphatic rings. The van der Waals surface area contributed by atoms with Crippen LogP contribution in [0.4, 0.5) is 0 Å². The van der Waals surface area contributed by atoms with Gasteiger partial charge in [0, 0.05) is 24.3 Å². The molecule has 0 radical (unpaired) electrons. The van der Waals surface area contributed by atoms with E-state index in [2.05, 4.69) is 20.4 Å². The number of hydrogen-bond acceptors (Lipinski definition) is 5. The molecule has 7 heteroatoms. The zero-order chi connectivity index (χ0) is 16.6. The van der Waals surface area contributed by atoms with Crippen molar-refractivity contribution in [1.82, 2.24) is 25.1 Å². The number of nitrogens with one attached hydrogen (secondary N) is 1. The van der Waals surface area contributed by atoms with Crippen LogP contribution in [0.5, 0.6) is 0 Å². The van der Waals surface area contributed by atoms with E-state index in [1.807, 2.05) is 6.92 Å². The highest BCUT2D eigenvalue weighted by Gasteiger charge is 2.59. The quantitative estimate of drug-likeness (QED) is 0.904. The first-order chi connectivity index (χ1) is 11.7. The van der Waals surface area contributed by atoms with Gasteiger partial charge in [-0.15, -0.1) is 0 Å². The van der Waals surface area contributed by atoms with Crippen LogP contribution in [0.15, 0.2) is 31.0 Å². The molecule has 126 valence electrons. The van der Waals surface area contributed by atoms with E-state index in [9.17, 15) is 4.79 Å². The molecule has 0 aromatic carbocycles. The van der Waals surface area contributed by atoms with Crippen LogP contribution >= 0.6 is 0 Å². The van der Waals surface area contributed by atoms with Crippen LogP contribution in [-0.2, 0) is 4.74 Å². The molecule has 1 amide bonds. The van der Waals surface area contributed by atoms with Crippen LogP contribution in [0.25, 0.3) is 5.82 Å². The Morgan fingerprint density at radius 2 is 2.33 bits per heavy atom. The lowest BCUT2D eigenvalue weighted by Gasteiger charge is -2.61. The second-order valence-corrected chi connectivity index (χ2v) is 6.54. The summed E-state index contributed by atoms with van der Waals surface area (Å²) in [6.07, 6.45) is 9.33. The number of carbonyl (C=O) groups is 1. The molecule has 0 bridgehead atoms. The van der Waals surface area contributed by atoms with Gasteiger partial charge in [0.15, 0.2) is 5.82 Å². The van der Waals surface area contributed by atoms with Gasteiger partial charge in [-0.1, -0.05) is 6.42 Å². The van der Waals surface area contributed by atoms with Crippen LogP contribution in [0, 0.1) is 5.41 Å². The van der Waals surface area contributed by atoms with Crippen molar-refractivity contribution in [3.63, 3.8) is 0 Å². The standard InChI is InChI=1S/C17H21N5O2/c1-2-24-14-8-13(17(14)6-3-7-17)21-16(23)12-4-5-15(19-9-12)22-11-18-10-20-22/h4-5,9-11,13-14H,2-3,6-8H2,1H3,(H,21,23)/t13-,14-/m1/s1. The molecule has 2 heterocycles. The number of amides is 1. The average molecular weight is 327 g/mol. The Morgan fingerprint density at radius 3 is 2.92 bits per heavy atom. The minimum absolute atomic E-state index is 0.0705. The molecular formula is C17H21N5O2. The van der Waals surface area contributed by atoms with E-state index in [1.54, 1.807) is 29.3 Å². The van der Waals surface area contributed by atoms with Gasteiger partial charge >= 0.3 is 0 Å². The first-order valence-corrected chi connectivity index (χ1v) is 8.46. The number of ether oxygens (including phenoxy) is 1. The van der Waals surface area contributed by atoms with Gasteiger partial charge in [-0.25, -0.2) is 14.6 Å². The minimum Gasteiger partial charge on any atom is -0.378 e. The third kappa shape index (κ3) is 2.39. The highest BCUT2D eigenvalue weighted by Crippen LogP contribution is 2.57. The van der Waals surface area contributed by atoms with Gasteiger partial charge in [0.2, 0.25) is 0 Å². The predicted octanol–water partition coefficient (Wildman–Crippen LogP) is 1.74. The van der Waals surface area contributed by atoms with E-state index < -0.39 is 0 Å². The molecule has 24 heavy (non-hydrogen) atoms. The Morgan fingerprint density at radius 1 is 1.46 bits per heavy atom. The summed E-state index contributed by atoms with van der Waals surface area (Å²) < 4.78 is 7.39. The summed E-state index contributed by atoms with van der Waals surface area (Å²) in [5.41, 5.74) is 0.730. The molecule has 0 unspecified atom stereocenters. The Labute approximate surface area is 140 Å².